The molecule has 0 amide bonds. The van der Waals surface area contributed by atoms with E-state index >= 15 is 0 Å². The Balaban J connectivity index is 0.000000187. The van der Waals surface area contributed by atoms with Crippen molar-refractivity contribution in [1.82, 2.24) is 0 Å². The third kappa shape index (κ3) is 28.5. The second kappa shape index (κ2) is 43.6. The lowest BCUT2D eigenvalue weighted by molar-refractivity contribution is 0.589. The van der Waals surface area contributed by atoms with Crippen molar-refractivity contribution in [2.75, 3.05) is 0 Å². The maximum atomic E-state index is 8.59. The normalized spacial score (nSPS) is 14.4. The molecular weight excluding hydrogens is 1530 g/mol. The van der Waals surface area contributed by atoms with E-state index in [0.29, 0.717) is 49.9 Å². The average Bonchev–Trinajstić information content (AvgIpc) is 0.733. The predicted octanol–water partition coefficient (Wildman–Crippen LogP) is 36.8. The quantitative estimate of drug-likeness (QED) is 0.135. The molecule has 0 nitrogen and oxygen atoms in total. The lowest BCUT2D eigenvalue weighted by Gasteiger charge is -2.27. The van der Waals surface area contributed by atoms with Crippen molar-refractivity contribution in [3.8, 4) is 100 Å². The van der Waals surface area contributed by atoms with Gasteiger partial charge in [-0.3, -0.25) is 0 Å². The molecule has 0 aliphatic carbocycles. The van der Waals surface area contributed by atoms with Gasteiger partial charge in [0.1, 0.15) is 0 Å². The molecule has 0 unspecified atom stereocenters. The molecule has 16 aromatic carbocycles. The summed E-state index contributed by atoms with van der Waals surface area (Å²) in [5, 5.41) is 0. The molecule has 0 spiro atoms. The molecular formula is C127H140. The Labute approximate surface area is 805 Å². The molecule has 0 radical (unpaired) electrons. The van der Waals surface area contributed by atoms with Crippen LogP contribution in [0.25, 0.3) is 100 Å². The summed E-state index contributed by atoms with van der Waals surface area (Å²) >= 11 is 0. The zero-order valence-electron chi connectivity index (χ0n) is 106. The van der Waals surface area contributed by atoms with E-state index in [4.69, 9.17) is 37.0 Å². The summed E-state index contributed by atoms with van der Waals surface area (Å²) in [5.74, 6) is 0. The minimum atomic E-state index is -0.594. The number of hydrogen-bond acceptors (Lipinski definition) is 0. The Morgan fingerprint density at radius 1 is 0.165 bits per heavy atom. The van der Waals surface area contributed by atoms with E-state index in [1.165, 1.54) is 61.2 Å². The summed E-state index contributed by atoms with van der Waals surface area (Å²) in [7, 11) is 0. The van der Waals surface area contributed by atoms with Gasteiger partial charge >= 0.3 is 0 Å². The first kappa shape index (κ1) is 65.1. The van der Waals surface area contributed by atoms with Crippen molar-refractivity contribution < 1.29 is 37.0 Å². The number of benzene rings is 16. The fourth-order valence-electron chi connectivity index (χ4n) is 14.3. The molecule has 16 rings (SSSR count). The molecule has 0 saturated carbocycles. The Bertz CT molecular complexity index is 7320. The Hall–Kier alpha value is -12.5. The summed E-state index contributed by atoms with van der Waals surface area (Å²) in [6.45, 7) is 48.7. The van der Waals surface area contributed by atoms with Gasteiger partial charge in [0.15, 0.2) is 0 Å². The zero-order valence-corrected chi connectivity index (χ0v) is 78.7. The van der Waals surface area contributed by atoms with Gasteiger partial charge in [-0.25, -0.2) is 0 Å². The van der Waals surface area contributed by atoms with E-state index in [-0.39, 0.29) is 193 Å². The largest absolute Gasteiger partial charge is 0.0632 e. The highest BCUT2D eigenvalue weighted by Crippen LogP contribution is 2.44. The van der Waals surface area contributed by atoms with Gasteiger partial charge in [-0.15, -0.1) is 0 Å². The molecule has 16 aromatic rings. The topological polar surface area (TPSA) is 0 Å². The average molecular weight is 1690 g/mol. The first-order chi connectivity index (χ1) is 71.4. The molecule has 0 bridgehead atoms. The minimum absolute atomic E-state index is 0.00185. The second-order valence-corrected chi connectivity index (χ2v) is 38.7. The lowest BCUT2D eigenvalue weighted by atomic mass is 9.77. The molecule has 0 atom stereocenters. The molecule has 648 valence electrons. The van der Waals surface area contributed by atoms with Gasteiger partial charge in [0.2, 0.25) is 0 Å². The van der Waals surface area contributed by atoms with Gasteiger partial charge in [-0.05, 0) is 210 Å². The van der Waals surface area contributed by atoms with Crippen LogP contribution < -0.4 is 0 Å². The first-order valence-corrected chi connectivity index (χ1v) is 43.3. The van der Waals surface area contributed by atoms with Crippen LogP contribution in [0.3, 0.4) is 0 Å². The lowest BCUT2D eigenvalue weighted by Crippen LogP contribution is -2.14. The van der Waals surface area contributed by atoms with Crippen LogP contribution in [-0.4, -0.2) is 0 Å². The minimum Gasteiger partial charge on any atom is -0.0622 e. The predicted molar refractivity (Wildman–Crippen MR) is 559 cm³/mol. The van der Waals surface area contributed by atoms with Crippen molar-refractivity contribution in [1.29, 1.82) is 0 Å². The van der Waals surface area contributed by atoms with Crippen molar-refractivity contribution in [2.45, 2.75) is 204 Å². The standard InChI is InChI=1S/2C23H24.2C22H22.C16H18.C11H16.C10H14/c1-17-10-8-13-19(16-17)21-15-9-14-20(22(21)23(2,3)4)18-11-6-5-7-12-18;1-17-9-8-12-19(13-17)21-14-20(18-10-6-5-7-11-18)15-22(16-21)23(2,3)4;1-22(2,3)21-19(17-11-6-4-7-12-17)15-10-16-20(21)18-13-8-5-9-14-18;1-22(2,3)21-15-19(17-10-6-4-7-11-17)14-20(16-21)18-12-8-5-9-13-18;1-16(2,3)15-12-8-7-11-14(15)13-9-5-4-6-10-13;1-9-6-5-7-10(8-9)11(2,3)4;1-10(2,3)9-7-5-4-6-8-9/h2*5-16H,1-4H3;2*4-16H,1-3H3;4-12H,1-3H3;5-8H,1-4H3;4-8H,1-3H3/i5D,6D,7D,8D,10D,11D,12D,13D,16D;5D,6D,7D,8D,9D,10D,11D,12D,13D;;;4D,5D,6D,9D,10D;5D,6D,7D,8D;. The number of rotatable bonds is 9. The van der Waals surface area contributed by atoms with E-state index in [1.54, 1.807) is 57.2 Å². The van der Waals surface area contributed by atoms with Gasteiger partial charge in [0.05, 0.1) is 37.0 Å². The van der Waals surface area contributed by atoms with Crippen LogP contribution in [-0.2, 0) is 37.9 Å². The molecule has 0 N–H and O–H groups in total. The highest BCUT2D eigenvalue weighted by Gasteiger charge is 2.27. The van der Waals surface area contributed by atoms with Crippen LogP contribution in [0.2, 0.25) is 0 Å². The van der Waals surface area contributed by atoms with Crippen LogP contribution in [0, 0.1) is 20.8 Å². The summed E-state index contributed by atoms with van der Waals surface area (Å²) in [6.07, 6.45) is 0. The molecule has 0 saturated heterocycles. The van der Waals surface area contributed by atoms with E-state index < -0.39 is 41.7 Å². The zero-order chi connectivity index (χ0) is 115. The van der Waals surface area contributed by atoms with Crippen LogP contribution in [0.5, 0.6) is 0 Å². The fourth-order valence-corrected chi connectivity index (χ4v) is 14.3. The van der Waals surface area contributed by atoms with Crippen molar-refractivity contribution in [3.63, 3.8) is 0 Å². The maximum Gasteiger partial charge on any atom is 0.0632 e. The van der Waals surface area contributed by atoms with Crippen LogP contribution in [0.4, 0.5) is 0 Å². The summed E-state index contributed by atoms with van der Waals surface area (Å²) < 4.78 is 218. The van der Waals surface area contributed by atoms with Crippen LogP contribution in [0.15, 0.2) is 412 Å². The highest BCUT2D eigenvalue weighted by molar-refractivity contribution is 5.83. The molecule has 127 heavy (non-hydrogen) atoms. The molecule has 0 heterocycles. The van der Waals surface area contributed by atoms with E-state index in [9.17, 15) is 0 Å². The number of hydrogen-bond donors (Lipinski definition) is 0. The fraction of sp³-hybridized carbons (Fsp3) is 0.244. The Morgan fingerprint density at radius 3 is 0.811 bits per heavy atom. The summed E-state index contributed by atoms with van der Waals surface area (Å²) in [4.78, 5) is 0. The van der Waals surface area contributed by atoms with Gasteiger partial charge < -0.3 is 0 Å². The summed E-state index contributed by atoms with van der Waals surface area (Å²) in [5.41, 5.74) is 20.7. The molecule has 0 heteroatoms. The third-order valence-corrected chi connectivity index (χ3v) is 20.9. The molecule has 0 aromatic heterocycles. The SMILES string of the molecule is CC(C)(C)c1c(-c2ccccc2)cccc1-c1ccccc1.CC(C)(C)c1cc(-c2ccccc2)cc(-c2ccccc2)c1.CC(C)(C)c1ccccc1.[2H]c1c([2H])c(C)c([2H])c(C(C)(C)C)c1[2H].[2H]c1c([2H])c([2H])c(-c2cc(-c3c([2H])c([2H])c([2H])c(C)c3[2H])cc(C(C)(C)C)c2)c([2H])c1[2H].[2H]c1c([2H])c([2H])c(-c2cccc(-c3c([2H])c([2H])c([2H])c(C)c3[2H])c2C(C)(C)C)c([2H])c1[2H].[2H]c1c([2H])c([2H])c(-c2ccccc2C(C)(C)C)c([2H])c1[2H]. The van der Waals surface area contributed by atoms with Gasteiger partial charge in [-0.2, -0.15) is 0 Å². The Kier molecular flexibility index (Phi) is 22.4. The van der Waals surface area contributed by atoms with Gasteiger partial charge in [0.25, 0.3) is 0 Å². The molecule has 0 aliphatic rings. The highest BCUT2D eigenvalue weighted by atomic mass is 14.3. The van der Waals surface area contributed by atoms with Crippen LogP contribution >= 0.6 is 0 Å². The third-order valence-electron chi connectivity index (χ3n) is 20.9. The molecule has 0 fully saturated rings. The van der Waals surface area contributed by atoms with Crippen LogP contribution in [0.1, 0.15) is 238 Å². The second-order valence-electron chi connectivity index (χ2n) is 38.7. The Morgan fingerprint density at radius 2 is 0.441 bits per heavy atom. The van der Waals surface area contributed by atoms with E-state index in [0.717, 1.165) is 11.1 Å². The summed E-state index contributed by atoms with van der Waals surface area (Å²) in [6, 6.07) is 77.9. The van der Waals surface area contributed by atoms with E-state index in [2.05, 4.69) is 250 Å². The first-order valence-electron chi connectivity index (χ1n) is 56.8. The smallest absolute Gasteiger partial charge is 0.0622 e. The van der Waals surface area contributed by atoms with E-state index in [1.807, 2.05) is 107 Å². The van der Waals surface area contributed by atoms with Gasteiger partial charge in [-0.1, -0.05) is 562 Å². The van der Waals surface area contributed by atoms with Crippen molar-refractivity contribution in [2.24, 2.45) is 0 Å². The maximum absolute atomic E-state index is 8.59. The molecule has 0 aliphatic heterocycles. The van der Waals surface area contributed by atoms with Gasteiger partial charge in [0, 0.05) is 0 Å². The van der Waals surface area contributed by atoms with Crippen molar-refractivity contribution >= 4 is 0 Å². The van der Waals surface area contributed by atoms with Crippen molar-refractivity contribution in [3.05, 3.63) is 468 Å². The monoisotopic (exact) mass is 1690 g/mol.